The fourth-order valence-corrected chi connectivity index (χ4v) is 4.99. The molecule has 0 unspecified atom stereocenters. The van der Waals surface area contributed by atoms with E-state index in [9.17, 15) is 19.1 Å². The summed E-state index contributed by atoms with van der Waals surface area (Å²) >= 11 is 0. The van der Waals surface area contributed by atoms with Crippen LogP contribution in [0.2, 0.25) is 0 Å². The van der Waals surface area contributed by atoms with Crippen molar-refractivity contribution in [1.82, 2.24) is 19.5 Å². The Labute approximate surface area is 239 Å². The molecule has 3 aromatic heterocycles. The maximum absolute atomic E-state index is 15.2. The molecule has 0 atom stereocenters. The molecular weight excluding hydrogens is 544 g/mol. The predicted octanol–water partition coefficient (Wildman–Crippen LogP) is 6.91. The second kappa shape index (κ2) is 10.2. The van der Waals surface area contributed by atoms with Crippen molar-refractivity contribution in [1.29, 1.82) is 0 Å². The Morgan fingerprint density at radius 2 is 1.74 bits per heavy atom. The highest BCUT2D eigenvalue weighted by Crippen LogP contribution is 2.38. The number of carbonyl (C=O) groups is 2. The number of hydrogen-bond acceptors (Lipinski definition) is 6. The van der Waals surface area contributed by atoms with Crippen molar-refractivity contribution in [3.05, 3.63) is 77.9 Å². The molecule has 1 fully saturated rings. The minimum atomic E-state index is -1.19. The van der Waals surface area contributed by atoms with Crippen LogP contribution in [-0.4, -0.2) is 42.3 Å². The first-order valence-electron chi connectivity index (χ1n) is 13.5. The molecule has 214 valence electrons. The van der Waals surface area contributed by atoms with E-state index in [-0.39, 0.29) is 27.8 Å². The van der Waals surface area contributed by atoms with Crippen LogP contribution in [0.5, 0.6) is 0 Å². The van der Waals surface area contributed by atoms with Gasteiger partial charge in [0.05, 0.1) is 22.2 Å². The Kier molecular flexibility index (Phi) is 6.59. The number of ether oxygens (including phenoxy) is 1. The van der Waals surface area contributed by atoms with Gasteiger partial charge in [-0.15, -0.1) is 0 Å². The number of anilines is 1. The molecule has 1 saturated carbocycles. The number of benzene rings is 2. The standard InChI is InChI=1S/C31H27F2N5O4/c1-31(2,3)42-30(41)36-24-15-17(8-10-34-24)18-13-19(29(39)40)27-23(14-18)38(25(37-27)12-16-4-5-16)22-9-11-35-28-21(33)7-6-20(32)26(22)28/h6-11,13-16H,4-5,12H2,1-3H3,(H,39,40)(H,34,36,41). The number of carbonyl (C=O) groups excluding carboxylic acids is 1. The molecule has 11 heteroatoms. The number of nitrogens with zero attached hydrogens (tertiary/aromatic N) is 4. The van der Waals surface area contributed by atoms with Crippen LogP contribution in [0.15, 0.2) is 54.9 Å². The monoisotopic (exact) mass is 571 g/mol. The van der Waals surface area contributed by atoms with E-state index in [2.05, 4.69) is 15.3 Å². The number of imidazole rings is 1. The summed E-state index contributed by atoms with van der Waals surface area (Å²) < 4.78 is 37.0. The van der Waals surface area contributed by atoms with E-state index in [1.165, 1.54) is 18.5 Å². The number of halogens is 2. The molecule has 0 aliphatic heterocycles. The third kappa shape index (κ3) is 5.25. The van der Waals surface area contributed by atoms with E-state index < -0.39 is 29.3 Å². The largest absolute Gasteiger partial charge is 0.478 e. The summed E-state index contributed by atoms with van der Waals surface area (Å²) in [6.07, 6.45) is 4.75. The molecule has 1 amide bonds. The molecule has 5 aromatic rings. The van der Waals surface area contributed by atoms with Gasteiger partial charge < -0.3 is 9.84 Å². The van der Waals surface area contributed by atoms with Crippen molar-refractivity contribution in [2.24, 2.45) is 5.92 Å². The number of amides is 1. The Balaban J connectivity index is 1.56. The van der Waals surface area contributed by atoms with E-state index in [1.54, 1.807) is 49.6 Å². The number of fused-ring (bicyclic) bond motifs is 2. The zero-order chi connectivity index (χ0) is 29.8. The van der Waals surface area contributed by atoms with Gasteiger partial charge in [0.15, 0.2) is 0 Å². The minimum absolute atomic E-state index is 0.0242. The van der Waals surface area contributed by atoms with Crippen molar-refractivity contribution in [3.63, 3.8) is 0 Å². The van der Waals surface area contributed by atoms with Gasteiger partial charge in [0.2, 0.25) is 0 Å². The Bertz CT molecular complexity index is 1890. The number of nitrogens with one attached hydrogen (secondary N) is 1. The number of carboxylic acids is 1. The van der Waals surface area contributed by atoms with Crippen LogP contribution in [0.3, 0.4) is 0 Å². The van der Waals surface area contributed by atoms with Gasteiger partial charge in [0.1, 0.15) is 39.9 Å². The zero-order valence-corrected chi connectivity index (χ0v) is 23.1. The lowest BCUT2D eigenvalue weighted by Gasteiger charge is -2.19. The SMILES string of the molecule is CC(C)(C)OC(=O)Nc1cc(-c2cc(C(=O)O)c3nc(CC4CC4)n(-c4ccnc5c(F)ccc(F)c45)c3c2)ccn1. The molecule has 1 aliphatic carbocycles. The van der Waals surface area contributed by atoms with Crippen LogP contribution >= 0.6 is 0 Å². The molecule has 0 saturated heterocycles. The topological polar surface area (TPSA) is 119 Å². The van der Waals surface area contributed by atoms with E-state index in [1.807, 2.05) is 0 Å². The van der Waals surface area contributed by atoms with E-state index >= 15 is 4.39 Å². The van der Waals surface area contributed by atoms with E-state index in [0.717, 1.165) is 25.0 Å². The highest BCUT2D eigenvalue weighted by Gasteiger charge is 2.28. The summed E-state index contributed by atoms with van der Waals surface area (Å²) in [6, 6.07) is 10.2. The molecule has 2 N–H and O–H groups in total. The summed E-state index contributed by atoms with van der Waals surface area (Å²) in [4.78, 5) is 37.8. The van der Waals surface area contributed by atoms with Gasteiger partial charge in [-0.25, -0.2) is 28.3 Å². The van der Waals surface area contributed by atoms with Gasteiger partial charge in [-0.2, -0.15) is 0 Å². The lowest BCUT2D eigenvalue weighted by Crippen LogP contribution is -2.27. The van der Waals surface area contributed by atoms with Gasteiger partial charge in [0, 0.05) is 18.8 Å². The molecule has 0 spiro atoms. The van der Waals surface area contributed by atoms with Gasteiger partial charge >= 0.3 is 12.1 Å². The van der Waals surface area contributed by atoms with Crippen LogP contribution in [0, 0.1) is 17.6 Å². The lowest BCUT2D eigenvalue weighted by molar-refractivity contribution is 0.0633. The summed E-state index contributed by atoms with van der Waals surface area (Å²) in [5.41, 5.74) is 1.12. The van der Waals surface area contributed by atoms with Crippen LogP contribution in [-0.2, 0) is 11.2 Å². The normalized spacial score (nSPS) is 13.5. The smallest absolute Gasteiger partial charge is 0.413 e. The molecule has 0 bridgehead atoms. The molecular formula is C31H27F2N5O4. The average molecular weight is 572 g/mol. The third-order valence-electron chi connectivity index (χ3n) is 6.96. The first-order chi connectivity index (χ1) is 20.0. The van der Waals surface area contributed by atoms with Crippen LogP contribution < -0.4 is 5.32 Å². The average Bonchev–Trinajstić information content (AvgIpc) is 3.67. The number of carboxylic acid groups (broad SMARTS) is 1. The summed E-state index contributed by atoms with van der Waals surface area (Å²) in [7, 11) is 0. The number of hydrogen-bond donors (Lipinski definition) is 2. The highest BCUT2D eigenvalue weighted by atomic mass is 19.1. The Hall–Kier alpha value is -4.93. The van der Waals surface area contributed by atoms with Crippen molar-refractivity contribution in [2.45, 2.75) is 45.6 Å². The first kappa shape index (κ1) is 27.3. The third-order valence-corrected chi connectivity index (χ3v) is 6.96. The second-order valence-corrected chi connectivity index (χ2v) is 11.3. The summed E-state index contributed by atoms with van der Waals surface area (Å²) in [5.74, 6) is -1.40. The summed E-state index contributed by atoms with van der Waals surface area (Å²) in [6.45, 7) is 5.23. The zero-order valence-electron chi connectivity index (χ0n) is 23.1. The molecule has 0 radical (unpaired) electrons. The maximum atomic E-state index is 15.2. The fourth-order valence-electron chi connectivity index (χ4n) is 4.99. The van der Waals surface area contributed by atoms with Gasteiger partial charge in [-0.1, -0.05) is 0 Å². The van der Waals surface area contributed by atoms with Crippen LogP contribution in [0.4, 0.5) is 19.4 Å². The molecule has 9 nitrogen and oxygen atoms in total. The molecule has 42 heavy (non-hydrogen) atoms. The van der Waals surface area contributed by atoms with Crippen LogP contribution in [0.25, 0.3) is 38.8 Å². The predicted molar refractivity (Wildman–Crippen MR) is 153 cm³/mol. The molecule has 3 heterocycles. The quantitative estimate of drug-likeness (QED) is 0.227. The maximum Gasteiger partial charge on any atom is 0.413 e. The van der Waals surface area contributed by atoms with E-state index in [0.29, 0.717) is 40.5 Å². The molecule has 2 aromatic carbocycles. The number of rotatable bonds is 6. The second-order valence-electron chi connectivity index (χ2n) is 11.3. The van der Waals surface area contributed by atoms with Gasteiger partial charge in [-0.05, 0) is 93.1 Å². The van der Waals surface area contributed by atoms with Crippen molar-refractivity contribution in [2.75, 3.05) is 5.32 Å². The van der Waals surface area contributed by atoms with E-state index in [4.69, 9.17) is 9.72 Å². The molecule has 6 rings (SSSR count). The van der Waals surface area contributed by atoms with Crippen molar-refractivity contribution >= 4 is 39.8 Å². The Morgan fingerprint density at radius 1 is 1.00 bits per heavy atom. The van der Waals surface area contributed by atoms with Crippen LogP contribution in [0.1, 0.15) is 49.8 Å². The number of pyridine rings is 2. The van der Waals surface area contributed by atoms with Crippen molar-refractivity contribution in [3.8, 4) is 16.8 Å². The van der Waals surface area contributed by atoms with Crippen molar-refractivity contribution < 1.29 is 28.2 Å². The van der Waals surface area contributed by atoms with Gasteiger partial charge in [-0.3, -0.25) is 14.9 Å². The summed E-state index contributed by atoms with van der Waals surface area (Å²) in [5, 5.41) is 12.8. The molecule has 1 aliphatic rings. The number of aromatic nitrogens is 4. The number of aromatic carboxylic acids is 1. The first-order valence-corrected chi connectivity index (χ1v) is 13.5. The minimum Gasteiger partial charge on any atom is -0.478 e. The Morgan fingerprint density at radius 3 is 2.45 bits per heavy atom. The highest BCUT2D eigenvalue weighted by molar-refractivity contribution is 6.04. The van der Waals surface area contributed by atoms with Gasteiger partial charge in [0.25, 0.3) is 0 Å². The fraction of sp³-hybridized carbons (Fsp3) is 0.258. The lowest BCUT2D eigenvalue weighted by atomic mass is 10.0.